The fourth-order valence-electron chi connectivity index (χ4n) is 4.20. The highest BCUT2D eigenvalue weighted by Crippen LogP contribution is 2.34. The van der Waals surface area contributed by atoms with Gasteiger partial charge in [-0.2, -0.15) is 0 Å². The molecule has 0 fully saturated rings. The van der Waals surface area contributed by atoms with Crippen molar-refractivity contribution in [3.8, 4) is 33.4 Å². The molecule has 4 rings (SSSR count). The predicted octanol–water partition coefficient (Wildman–Crippen LogP) is 9.97. The summed E-state index contributed by atoms with van der Waals surface area (Å²) in [5.41, 5.74) is 12.5. The van der Waals surface area contributed by atoms with Crippen molar-refractivity contribution in [3.05, 3.63) is 114 Å². The Morgan fingerprint density at radius 1 is 0.485 bits per heavy atom. The molecular formula is C33H34. The quantitative estimate of drug-likeness (QED) is 0.285. The monoisotopic (exact) mass is 430 g/mol. The molecule has 0 spiro atoms. The van der Waals surface area contributed by atoms with E-state index in [0.717, 1.165) is 5.57 Å². The lowest BCUT2D eigenvalue weighted by Gasteiger charge is -2.13. The van der Waals surface area contributed by atoms with Gasteiger partial charge in [0.2, 0.25) is 0 Å². The van der Waals surface area contributed by atoms with E-state index in [1.165, 1.54) is 50.1 Å². The molecule has 0 aliphatic carbocycles. The lowest BCUT2D eigenvalue weighted by molar-refractivity contribution is 0.867. The highest BCUT2D eigenvalue weighted by molar-refractivity contribution is 5.81. The van der Waals surface area contributed by atoms with Gasteiger partial charge in [-0.15, -0.1) is 0 Å². The van der Waals surface area contributed by atoms with Crippen LogP contribution in [0.1, 0.15) is 63.1 Å². The third-order valence-electron chi connectivity index (χ3n) is 6.47. The van der Waals surface area contributed by atoms with Crippen molar-refractivity contribution in [2.24, 2.45) is 0 Å². The molecule has 4 aromatic carbocycles. The maximum atomic E-state index is 4.07. The van der Waals surface area contributed by atoms with Gasteiger partial charge in [-0.05, 0) is 87.0 Å². The summed E-state index contributed by atoms with van der Waals surface area (Å²) in [4.78, 5) is 0. The minimum Gasteiger partial charge on any atom is -0.0955 e. The maximum Gasteiger partial charge on any atom is -0.0172 e. The molecule has 0 saturated heterocycles. The first-order valence-corrected chi connectivity index (χ1v) is 11.9. The first-order valence-electron chi connectivity index (χ1n) is 11.9. The van der Waals surface area contributed by atoms with E-state index >= 15 is 0 Å². The Hall–Kier alpha value is -3.38. The minimum atomic E-state index is 0.534. The molecule has 0 aliphatic rings. The summed E-state index contributed by atoms with van der Waals surface area (Å²) < 4.78 is 0. The third-order valence-corrected chi connectivity index (χ3v) is 6.47. The molecule has 0 bridgehead atoms. The largest absolute Gasteiger partial charge is 0.0955 e. The van der Waals surface area contributed by atoms with Crippen molar-refractivity contribution >= 4 is 5.57 Å². The zero-order valence-corrected chi connectivity index (χ0v) is 20.5. The molecule has 0 aliphatic heterocycles. The summed E-state index contributed by atoms with van der Waals surface area (Å²) >= 11 is 0. The zero-order valence-electron chi connectivity index (χ0n) is 20.5. The van der Waals surface area contributed by atoms with Crippen LogP contribution in [0.3, 0.4) is 0 Å². The molecule has 33 heavy (non-hydrogen) atoms. The van der Waals surface area contributed by atoms with Crippen molar-refractivity contribution in [2.45, 2.75) is 46.5 Å². The fourth-order valence-corrected chi connectivity index (χ4v) is 4.20. The smallest absolute Gasteiger partial charge is 0.0172 e. The van der Waals surface area contributed by atoms with Crippen LogP contribution in [0, 0.1) is 0 Å². The highest BCUT2D eigenvalue weighted by Gasteiger charge is 2.09. The van der Waals surface area contributed by atoms with E-state index in [1.54, 1.807) is 0 Å². The molecule has 0 N–H and O–H groups in total. The van der Waals surface area contributed by atoms with E-state index in [2.05, 4.69) is 132 Å². The maximum absolute atomic E-state index is 4.07. The van der Waals surface area contributed by atoms with Crippen LogP contribution < -0.4 is 0 Å². The second-order valence-corrected chi connectivity index (χ2v) is 9.71. The van der Waals surface area contributed by atoms with E-state index in [0.29, 0.717) is 11.8 Å². The lowest BCUT2D eigenvalue weighted by Crippen LogP contribution is -1.90. The molecule has 4 aromatic rings. The summed E-state index contributed by atoms with van der Waals surface area (Å²) in [6, 6.07) is 33.7. The molecule has 0 aromatic heterocycles. The first-order chi connectivity index (χ1) is 15.8. The average Bonchev–Trinajstić information content (AvgIpc) is 2.84. The molecule has 0 saturated carbocycles. The van der Waals surface area contributed by atoms with Crippen LogP contribution in [0.2, 0.25) is 0 Å². The van der Waals surface area contributed by atoms with E-state index in [1.807, 2.05) is 0 Å². The van der Waals surface area contributed by atoms with Crippen LogP contribution in [-0.4, -0.2) is 0 Å². The average molecular weight is 431 g/mol. The molecule has 0 heteroatoms. The Balaban J connectivity index is 1.82. The van der Waals surface area contributed by atoms with Gasteiger partial charge in [-0.25, -0.2) is 0 Å². The van der Waals surface area contributed by atoms with Gasteiger partial charge in [-0.3, -0.25) is 0 Å². The van der Waals surface area contributed by atoms with Crippen LogP contribution in [0.4, 0.5) is 0 Å². The zero-order chi connectivity index (χ0) is 23.5. The summed E-state index contributed by atoms with van der Waals surface area (Å²) in [5.74, 6) is 1.07. The second-order valence-electron chi connectivity index (χ2n) is 9.71. The van der Waals surface area contributed by atoms with E-state index in [9.17, 15) is 0 Å². The van der Waals surface area contributed by atoms with Crippen molar-refractivity contribution in [2.75, 3.05) is 0 Å². The Kier molecular flexibility index (Phi) is 6.65. The molecule has 0 unspecified atom stereocenters. The van der Waals surface area contributed by atoms with Crippen LogP contribution in [-0.2, 0) is 0 Å². The van der Waals surface area contributed by atoms with Crippen LogP contribution in [0.25, 0.3) is 39.0 Å². The number of rotatable bonds is 6. The van der Waals surface area contributed by atoms with Gasteiger partial charge in [0.05, 0.1) is 0 Å². The van der Waals surface area contributed by atoms with Crippen LogP contribution >= 0.6 is 0 Å². The Morgan fingerprint density at radius 3 is 1.06 bits per heavy atom. The first kappa shape index (κ1) is 22.8. The van der Waals surface area contributed by atoms with Gasteiger partial charge in [-0.1, -0.05) is 113 Å². The molecule has 0 heterocycles. The molecule has 0 nitrogen and oxygen atoms in total. The van der Waals surface area contributed by atoms with Crippen molar-refractivity contribution in [1.29, 1.82) is 0 Å². The van der Waals surface area contributed by atoms with Crippen LogP contribution in [0.5, 0.6) is 0 Å². The fraction of sp³-hybridized carbons (Fsp3) is 0.212. The summed E-state index contributed by atoms with van der Waals surface area (Å²) in [5, 5.41) is 0. The van der Waals surface area contributed by atoms with Gasteiger partial charge in [0, 0.05) is 0 Å². The van der Waals surface area contributed by atoms with Crippen molar-refractivity contribution in [1.82, 2.24) is 0 Å². The number of allylic oxidation sites excluding steroid dienone is 1. The normalized spacial score (nSPS) is 11.2. The standard InChI is InChI=1S/C33H34/c1-22(2)25-7-13-28(14-8-25)31-19-32(29-15-9-26(10-16-29)23(3)4)21-33(20-31)30-17-11-27(12-18-30)24(5)6/h7-21,23-24H,1H2,2-6H3. The van der Waals surface area contributed by atoms with E-state index in [-0.39, 0.29) is 0 Å². The summed E-state index contributed by atoms with van der Waals surface area (Å²) in [7, 11) is 0. The van der Waals surface area contributed by atoms with Gasteiger partial charge in [0.1, 0.15) is 0 Å². The van der Waals surface area contributed by atoms with Crippen LogP contribution in [0.15, 0.2) is 97.6 Å². The Bertz CT molecular complexity index is 1170. The lowest BCUT2D eigenvalue weighted by atomic mass is 9.91. The van der Waals surface area contributed by atoms with Crippen molar-refractivity contribution in [3.63, 3.8) is 0 Å². The van der Waals surface area contributed by atoms with Gasteiger partial charge >= 0.3 is 0 Å². The third kappa shape index (κ3) is 5.17. The molecular weight excluding hydrogens is 396 g/mol. The highest BCUT2D eigenvalue weighted by atomic mass is 14.1. The SMILES string of the molecule is C=C(C)c1ccc(-c2cc(-c3ccc(C(C)C)cc3)cc(-c3ccc(C(C)C)cc3)c2)cc1. The molecule has 0 atom stereocenters. The van der Waals surface area contributed by atoms with Gasteiger partial charge in [0.15, 0.2) is 0 Å². The number of hydrogen-bond acceptors (Lipinski definition) is 0. The van der Waals surface area contributed by atoms with Gasteiger partial charge in [0.25, 0.3) is 0 Å². The number of hydrogen-bond donors (Lipinski definition) is 0. The Labute approximate surface area is 199 Å². The number of benzene rings is 4. The summed E-state index contributed by atoms with van der Waals surface area (Å²) in [6.07, 6.45) is 0. The second kappa shape index (κ2) is 9.63. The predicted molar refractivity (Wildman–Crippen MR) is 146 cm³/mol. The molecule has 166 valence electrons. The summed E-state index contributed by atoms with van der Waals surface area (Å²) in [6.45, 7) is 15.1. The van der Waals surface area contributed by atoms with Gasteiger partial charge < -0.3 is 0 Å². The van der Waals surface area contributed by atoms with Crippen molar-refractivity contribution < 1.29 is 0 Å². The topological polar surface area (TPSA) is 0 Å². The minimum absolute atomic E-state index is 0.534. The van der Waals surface area contributed by atoms with E-state index < -0.39 is 0 Å². The Morgan fingerprint density at radius 2 is 0.788 bits per heavy atom. The molecule has 0 amide bonds. The molecule has 0 radical (unpaired) electrons. The van der Waals surface area contributed by atoms with E-state index in [4.69, 9.17) is 0 Å².